The topological polar surface area (TPSA) is 75.1 Å². The first-order valence-corrected chi connectivity index (χ1v) is 8.75. The Balaban J connectivity index is 1.42. The Labute approximate surface area is 148 Å². The summed E-state index contributed by atoms with van der Waals surface area (Å²) in [7, 11) is 2.13. The molecule has 2 aromatic rings. The maximum absolute atomic E-state index is 12.0. The van der Waals surface area contributed by atoms with Crippen molar-refractivity contribution in [3.05, 3.63) is 48.0 Å². The highest BCUT2D eigenvalue weighted by molar-refractivity contribution is 5.73. The smallest absolute Gasteiger partial charge is 0.315 e. The first-order valence-electron chi connectivity index (χ1n) is 8.75. The Morgan fingerprint density at radius 2 is 2.16 bits per heavy atom. The summed E-state index contributed by atoms with van der Waals surface area (Å²) >= 11 is 0. The van der Waals surface area contributed by atoms with E-state index in [-0.39, 0.29) is 6.03 Å². The van der Waals surface area contributed by atoms with E-state index in [9.17, 15) is 4.79 Å². The highest BCUT2D eigenvalue weighted by Gasteiger charge is 2.29. The molecule has 2 N–H and O–H groups in total. The average molecular weight is 342 g/mol. The standard InChI is InChI=1S/C18H26N6O/c1-14(23(2)17-6-7-17)9-20-18(25)21-10-15-4-3-5-16(8-15)11-24-13-19-12-22-24/h3-5,8,12-14,17H,6-7,9-11H2,1-2H3,(H2,20,21,25)/t14-/m1/s1. The molecule has 7 nitrogen and oxygen atoms in total. The minimum Gasteiger partial charge on any atom is -0.337 e. The third-order valence-corrected chi connectivity index (χ3v) is 4.63. The SMILES string of the molecule is C[C@H](CNC(=O)NCc1cccc(Cn2cncn2)c1)N(C)C1CC1. The van der Waals surface area contributed by atoms with Gasteiger partial charge in [0.15, 0.2) is 0 Å². The van der Waals surface area contributed by atoms with Crippen molar-refractivity contribution in [2.24, 2.45) is 0 Å². The number of carbonyl (C=O) groups is 1. The highest BCUT2D eigenvalue weighted by Crippen LogP contribution is 2.26. The van der Waals surface area contributed by atoms with Crippen molar-refractivity contribution >= 4 is 6.03 Å². The van der Waals surface area contributed by atoms with Crippen molar-refractivity contribution in [1.82, 2.24) is 30.3 Å². The predicted octanol–water partition coefficient (Wildman–Crippen LogP) is 1.61. The Hall–Kier alpha value is -2.41. The van der Waals surface area contributed by atoms with Crippen molar-refractivity contribution in [3.8, 4) is 0 Å². The van der Waals surface area contributed by atoms with E-state index in [4.69, 9.17) is 0 Å². The van der Waals surface area contributed by atoms with Gasteiger partial charge in [0.05, 0.1) is 6.54 Å². The van der Waals surface area contributed by atoms with Crippen molar-refractivity contribution < 1.29 is 4.79 Å². The quantitative estimate of drug-likeness (QED) is 0.764. The number of benzene rings is 1. The zero-order valence-electron chi connectivity index (χ0n) is 14.9. The van der Waals surface area contributed by atoms with Crippen LogP contribution in [0.4, 0.5) is 4.79 Å². The zero-order valence-corrected chi connectivity index (χ0v) is 14.9. The second-order valence-electron chi connectivity index (χ2n) is 6.72. The molecule has 1 fully saturated rings. The first-order chi connectivity index (χ1) is 12.1. The van der Waals surface area contributed by atoms with Crippen LogP contribution in [0.2, 0.25) is 0 Å². The van der Waals surface area contributed by atoms with Crippen LogP contribution in [-0.2, 0) is 13.1 Å². The molecule has 25 heavy (non-hydrogen) atoms. The van der Waals surface area contributed by atoms with Gasteiger partial charge in [0.2, 0.25) is 0 Å². The van der Waals surface area contributed by atoms with E-state index in [2.05, 4.69) is 45.7 Å². The average Bonchev–Trinajstić information content (AvgIpc) is 3.35. The van der Waals surface area contributed by atoms with Crippen LogP contribution < -0.4 is 10.6 Å². The lowest BCUT2D eigenvalue weighted by atomic mass is 10.1. The Morgan fingerprint density at radius 3 is 2.88 bits per heavy atom. The number of aromatic nitrogens is 3. The number of hydrogen-bond acceptors (Lipinski definition) is 4. The number of nitrogens with zero attached hydrogens (tertiary/aromatic N) is 4. The molecule has 0 unspecified atom stereocenters. The molecule has 0 aliphatic heterocycles. The fourth-order valence-electron chi connectivity index (χ4n) is 2.81. The molecule has 1 atom stereocenters. The van der Waals surface area contributed by atoms with E-state index in [0.29, 0.717) is 31.7 Å². The van der Waals surface area contributed by atoms with Gasteiger partial charge >= 0.3 is 6.03 Å². The summed E-state index contributed by atoms with van der Waals surface area (Å²) in [6.07, 6.45) is 5.77. The summed E-state index contributed by atoms with van der Waals surface area (Å²) in [6, 6.07) is 9.05. The molecule has 134 valence electrons. The second kappa shape index (κ2) is 8.11. The predicted molar refractivity (Wildman–Crippen MR) is 96.1 cm³/mol. The van der Waals surface area contributed by atoms with Gasteiger partial charge in [-0.25, -0.2) is 14.5 Å². The summed E-state index contributed by atoms with van der Waals surface area (Å²) in [5, 5.41) is 9.98. The molecule has 7 heteroatoms. The first kappa shape index (κ1) is 17.4. The van der Waals surface area contributed by atoms with Crippen LogP contribution in [0.5, 0.6) is 0 Å². The van der Waals surface area contributed by atoms with Crippen LogP contribution in [0.15, 0.2) is 36.9 Å². The lowest BCUT2D eigenvalue weighted by Crippen LogP contribution is -2.44. The number of carbonyl (C=O) groups excluding carboxylic acids is 1. The third kappa shape index (κ3) is 5.29. The van der Waals surface area contributed by atoms with Gasteiger partial charge in [-0.05, 0) is 37.9 Å². The summed E-state index contributed by atoms with van der Waals surface area (Å²) in [5.41, 5.74) is 2.20. The number of likely N-dealkylation sites (N-methyl/N-ethyl adjacent to an activating group) is 1. The molecule has 1 heterocycles. The Bertz CT molecular complexity index is 683. The maximum Gasteiger partial charge on any atom is 0.315 e. The van der Waals surface area contributed by atoms with Gasteiger partial charge in [-0.15, -0.1) is 0 Å². The zero-order chi connectivity index (χ0) is 17.6. The van der Waals surface area contributed by atoms with E-state index >= 15 is 0 Å². The molecule has 3 rings (SSSR count). The second-order valence-corrected chi connectivity index (χ2v) is 6.72. The molecule has 0 spiro atoms. The van der Waals surface area contributed by atoms with Gasteiger partial charge in [0, 0.05) is 25.2 Å². The van der Waals surface area contributed by atoms with Crippen LogP contribution in [0.3, 0.4) is 0 Å². The molecule has 0 saturated heterocycles. The van der Waals surface area contributed by atoms with E-state index in [0.717, 1.165) is 11.1 Å². The van der Waals surface area contributed by atoms with Crippen molar-refractivity contribution in [2.75, 3.05) is 13.6 Å². The molecule has 1 saturated carbocycles. The van der Waals surface area contributed by atoms with E-state index in [1.807, 2.05) is 18.2 Å². The number of urea groups is 1. The summed E-state index contributed by atoms with van der Waals surface area (Å²) in [5.74, 6) is 0. The van der Waals surface area contributed by atoms with Gasteiger partial charge in [-0.3, -0.25) is 4.90 Å². The minimum atomic E-state index is -0.127. The van der Waals surface area contributed by atoms with Crippen LogP contribution in [-0.4, -0.2) is 51.4 Å². The fourth-order valence-corrected chi connectivity index (χ4v) is 2.81. The van der Waals surface area contributed by atoms with Crippen LogP contribution in [0, 0.1) is 0 Å². The van der Waals surface area contributed by atoms with E-state index in [1.165, 1.54) is 19.2 Å². The normalized spacial score (nSPS) is 15.2. The van der Waals surface area contributed by atoms with Crippen LogP contribution in [0.1, 0.15) is 30.9 Å². The number of amides is 2. The molecule has 1 aromatic carbocycles. The fraction of sp³-hybridized carbons (Fsp3) is 0.500. The number of nitrogens with one attached hydrogen (secondary N) is 2. The molecule has 2 amide bonds. The van der Waals surface area contributed by atoms with E-state index in [1.54, 1.807) is 11.0 Å². The van der Waals surface area contributed by atoms with Crippen molar-refractivity contribution in [2.45, 2.75) is 44.9 Å². The molecular weight excluding hydrogens is 316 g/mol. The van der Waals surface area contributed by atoms with Crippen LogP contribution in [0.25, 0.3) is 0 Å². The molecule has 0 radical (unpaired) electrons. The van der Waals surface area contributed by atoms with Gasteiger partial charge in [0.25, 0.3) is 0 Å². The monoisotopic (exact) mass is 342 g/mol. The van der Waals surface area contributed by atoms with Gasteiger partial charge in [-0.2, -0.15) is 5.10 Å². The Kier molecular flexibility index (Phi) is 5.65. The molecule has 1 aliphatic carbocycles. The molecule has 1 aliphatic rings. The van der Waals surface area contributed by atoms with Crippen molar-refractivity contribution in [1.29, 1.82) is 0 Å². The molecule has 1 aromatic heterocycles. The largest absolute Gasteiger partial charge is 0.337 e. The summed E-state index contributed by atoms with van der Waals surface area (Å²) in [4.78, 5) is 18.3. The lowest BCUT2D eigenvalue weighted by molar-refractivity contribution is 0.222. The van der Waals surface area contributed by atoms with Gasteiger partial charge in [-0.1, -0.05) is 24.3 Å². The summed E-state index contributed by atoms with van der Waals surface area (Å²) in [6.45, 7) is 3.98. The highest BCUT2D eigenvalue weighted by atomic mass is 16.2. The minimum absolute atomic E-state index is 0.127. The Morgan fingerprint density at radius 1 is 1.36 bits per heavy atom. The maximum atomic E-state index is 12.0. The van der Waals surface area contributed by atoms with Gasteiger partial charge in [0.1, 0.15) is 12.7 Å². The number of rotatable bonds is 8. The summed E-state index contributed by atoms with van der Waals surface area (Å²) < 4.78 is 1.77. The van der Waals surface area contributed by atoms with Crippen LogP contribution >= 0.6 is 0 Å². The molecular formula is C18H26N6O. The molecule has 0 bridgehead atoms. The van der Waals surface area contributed by atoms with Gasteiger partial charge < -0.3 is 10.6 Å². The lowest BCUT2D eigenvalue weighted by Gasteiger charge is -2.24. The number of hydrogen-bond donors (Lipinski definition) is 2. The third-order valence-electron chi connectivity index (χ3n) is 4.63. The van der Waals surface area contributed by atoms with Crippen molar-refractivity contribution in [3.63, 3.8) is 0 Å². The van der Waals surface area contributed by atoms with E-state index < -0.39 is 0 Å².